The summed E-state index contributed by atoms with van der Waals surface area (Å²) in [7, 11) is 2.32. The third-order valence-corrected chi connectivity index (χ3v) is 4.55. The van der Waals surface area contributed by atoms with Crippen molar-refractivity contribution in [1.29, 1.82) is 15.8 Å². The summed E-state index contributed by atoms with van der Waals surface area (Å²) < 4.78 is 95.4. The molecule has 0 saturated heterocycles. The SMILES string of the molecule is CCO.COc1c(F)cc(O)cc1F.COc1c(F)cc(OCC#N)cc1F.N#CCBr.N#CCOc1cc(F)c(CO)c(F)c1.[B].[H-].[Na+]. The molecular weight excluding hydrogens is 730 g/mol. The maximum Gasteiger partial charge on any atom is 1.00 e. The van der Waals surface area contributed by atoms with Gasteiger partial charge in [-0.05, 0) is 6.92 Å². The molecule has 0 aromatic heterocycles. The molecule has 3 aromatic rings. The molecule has 0 aliphatic carbocycles. The first-order valence-electron chi connectivity index (χ1n) is 12.2. The van der Waals surface area contributed by atoms with E-state index in [9.17, 15) is 26.3 Å². The molecule has 255 valence electrons. The van der Waals surface area contributed by atoms with Gasteiger partial charge in [0.05, 0.1) is 32.2 Å². The molecule has 48 heavy (non-hydrogen) atoms. The number of rotatable bonds is 7. The number of phenols is 1. The second-order valence-corrected chi connectivity index (χ2v) is 7.95. The van der Waals surface area contributed by atoms with E-state index >= 15 is 0 Å². The summed E-state index contributed by atoms with van der Waals surface area (Å²) >= 11 is 2.89. The molecule has 10 nitrogen and oxygen atoms in total. The fraction of sp³-hybridized carbons (Fsp3) is 0.276. The largest absolute Gasteiger partial charge is 1.00 e. The van der Waals surface area contributed by atoms with Crippen molar-refractivity contribution < 1.29 is 91.6 Å². The zero-order valence-corrected chi connectivity index (χ0v) is 29.6. The zero-order valence-electron chi connectivity index (χ0n) is 27.0. The van der Waals surface area contributed by atoms with Gasteiger partial charge in [-0.1, -0.05) is 15.9 Å². The van der Waals surface area contributed by atoms with Crippen molar-refractivity contribution >= 4 is 24.3 Å². The van der Waals surface area contributed by atoms with Gasteiger partial charge >= 0.3 is 29.6 Å². The average Bonchev–Trinajstić information content (AvgIpc) is 3.00. The van der Waals surface area contributed by atoms with Crippen LogP contribution >= 0.6 is 15.9 Å². The molecule has 0 heterocycles. The Kier molecular flexibility index (Phi) is 32.4. The Morgan fingerprint density at radius 3 is 1.23 bits per heavy atom. The van der Waals surface area contributed by atoms with Crippen molar-refractivity contribution in [3.05, 3.63) is 76.9 Å². The van der Waals surface area contributed by atoms with Crippen LogP contribution in [-0.2, 0) is 6.61 Å². The van der Waals surface area contributed by atoms with Crippen LogP contribution in [0.1, 0.15) is 13.9 Å². The van der Waals surface area contributed by atoms with Crippen LogP contribution in [0.2, 0.25) is 0 Å². The van der Waals surface area contributed by atoms with Crippen molar-refractivity contribution in [3.8, 4) is 47.0 Å². The van der Waals surface area contributed by atoms with E-state index in [0.717, 1.165) is 50.6 Å². The first kappa shape index (κ1) is 51.0. The Morgan fingerprint density at radius 2 is 0.979 bits per heavy atom. The van der Waals surface area contributed by atoms with Crippen molar-refractivity contribution in [3.63, 3.8) is 0 Å². The van der Waals surface area contributed by atoms with Gasteiger partial charge in [0.1, 0.15) is 41.0 Å². The Bertz CT molecular complexity index is 1360. The third kappa shape index (κ3) is 20.4. The van der Waals surface area contributed by atoms with Crippen molar-refractivity contribution in [2.24, 2.45) is 0 Å². The molecule has 0 aliphatic rings. The van der Waals surface area contributed by atoms with Crippen molar-refractivity contribution in [1.82, 2.24) is 0 Å². The predicted molar refractivity (Wildman–Crippen MR) is 161 cm³/mol. The zero-order chi connectivity index (χ0) is 35.7. The number of methoxy groups -OCH3 is 2. The van der Waals surface area contributed by atoms with E-state index in [1.165, 1.54) is 0 Å². The van der Waals surface area contributed by atoms with Gasteiger partial charge in [0.2, 0.25) is 0 Å². The van der Waals surface area contributed by atoms with Crippen LogP contribution < -0.4 is 48.5 Å². The van der Waals surface area contributed by atoms with Gasteiger partial charge in [-0.25, -0.2) is 26.3 Å². The summed E-state index contributed by atoms with van der Waals surface area (Å²) in [5.41, 5.74) is -0.408. The molecule has 3 N–H and O–H groups in total. The van der Waals surface area contributed by atoms with Crippen LogP contribution in [0, 0.1) is 68.9 Å². The minimum atomic E-state index is -0.912. The first-order valence-corrected chi connectivity index (χ1v) is 13.3. The van der Waals surface area contributed by atoms with Gasteiger partial charge in [0.25, 0.3) is 0 Å². The molecule has 0 amide bonds. The second-order valence-electron chi connectivity index (χ2n) is 7.39. The molecule has 3 rings (SSSR count). The monoisotopic (exact) mass is 758 g/mol. The number of hydrogen-bond donors (Lipinski definition) is 3. The van der Waals surface area contributed by atoms with Crippen LogP contribution in [0.25, 0.3) is 0 Å². The quantitative estimate of drug-likeness (QED) is 0.185. The minimum absolute atomic E-state index is 0. The summed E-state index contributed by atoms with van der Waals surface area (Å²) in [6, 6.07) is 10.5. The normalized spacial score (nSPS) is 8.52. The molecule has 19 heteroatoms. The Balaban J connectivity index is -0.000000176. The molecule has 0 aliphatic heterocycles. The van der Waals surface area contributed by atoms with Crippen LogP contribution in [0.5, 0.6) is 28.7 Å². The van der Waals surface area contributed by atoms with E-state index in [0.29, 0.717) is 5.33 Å². The molecule has 3 aromatic carbocycles. The number of ether oxygens (including phenoxy) is 4. The summed E-state index contributed by atoms with van der Waals surface area (Å²) in [5.74, 6) is -6.84. The van der Waals surface area contributed by atoms with Gasteiger partial charge in [0, 0.05) is 57.0 Å². The topological polar surface area (TPSA) is 169 Å². The fourth-order valence-electron chi connectivity index (χ4n) is 2.60. The van der Waals surface area contributed by atoms with E-state index in [4.69, 9.17) is 40.6 Å². The van der Waals surface area contributed by atoms with Gasteiger partial charge in [0.15, 0.2) is 48.0 Å². The third-order valence-electron chi connectivity index (χ3n) is 4.30. The molecule has 3 radical (unpaired) electrons. The second kappa shape index (κ2) is 30.5. The van der Waals surface area contributed by atoms with E-state index in [1.807, 2.05) is 6.07 Å². The number of nitrogens with zero attached hydrogens (tertiary/aromatic N) is 3. The molecule has 0 spiro atoms. The van der Waals surface area contributed by atoms with E-state index in [1.54, 1.807) is 19.1 Å². The summed E-state index contributed by atoms with van der Waals surface area (Å²) in [6.45, 7) is 0.679. The van der Waals surface area contributed by atoms with Crippen molar-refractivity contribution in [2.75, 3.05) is 39.4 Å². The first-order chi connectivity index (χ1) is 21.8. The van der Waals surface area contributed by atoms with Gasteiger partial charge < -0.3 is 35.7 Å². The Labute approximate surface area is 307 Å². The molecule has 0 atom stereocenters. The van der Waals surface area contributed by atoms with Gasteiger partial charge in [-0.3, -0.25) is 0 Å². The van der Waals surface area contributed by atoms with Crippen LogP contribution in [-0.4, -0.2) is 63.1 Å². The molecule has 0 saturated carbocycles. The van der Waals surface area contributed by atoms with Crippen LogP contribution in [0.15, 0.2) is 36.4 Å². The van der Waals surface area contributed by atoms with E-state index in [2.05, 4.69) is 25.4 Å². The molecule has 0 bridgehead atoms. The maximum atomic E-state index is 13.0. The number of halogens is 7. The number of hydrogen-bond acceptors (Lipinski definition) is 10. The molecule has 0 fully saturated rings. The Hall–Kier alpha value is -3.83. The smallest absolute Gasteiger partial charge is 1.00 e. The summed E-state index contributed by atoms with van der Waals surface area (Å²) in [5, 5.41) is 49.2. The maximum absolute atomic E-state index is 13.0. The standard InChI is InChI=1S/2C9H7F2NO2.C7H6F2O2.C2H2BrN.C2H6O.B.Na.H/c1-13-9-7(10)4-6(5-8(9)11)14-3-2-12;10-8-3-6(14-2-1-12)4-9(11)7(8)5-13;1-11-7-5(8)2-4(10)3-6(7)9;3-1-2-4;1-2-3;;;/h4-5H,3H2,1H3;3-4,13H,2,5H2;2-3,10H,1H3;1H2;3H,2H2,1H3;;;/q;;;;;;+1;-1. The number of alkyl halides is 1. The van der Waals surface area contributed by atoms with Crippen LogP contribution in [0.3, 0.4) is 0 Å². The van der Waals surface area contributed by atoms with Gasteiger partial charge in [-0.15, -0.1) is 0 Å². The summed E-state index contributed by atoms with van der Waals surface area (Å²) in [4.78, 5) is 0. The van der Waals surface area contributed by atoms with E-state index < -0.39 is 64.3 Å². The molecule has 0 unspecified atom stereocenters. The van der Waals surface area contributed by atoms with Gasteiger partial charge in [-0.2, -0.15) is 15.8 Å². The molecular formula is C29H29BBrF6N3NaO7. The minimum Gasteiger partial charge on any atom is -1.00 e. The fourth-order valence-corrected chi connectivity index (χ4v) is 2.60. The number of aliphatic hydroxyl groups is 2. The Morgan fingerprint density at radius 1 is 0.688 bits per heavy atom. The van der Waals surface area contributed by atoms with Crippen LogP contribution in [0.4, 0.5) is 26.3 Å². The average molecular weight is 759 g/mol. The number of phenolic OH excluding ortho intramolecular Hbond substituents is 1. The van der Waals surface area contributed by atoms with Crippen molar-refractivity contribution in [2.45, 2.75) is 13.5 Å². The number of benzene rings is 3. The number of aromatic hydroxyl groups is 1. The summed E-state index contributed by atoms with van der Waals surface area (Å²) in [6.07, 6.45) is 0. The van der Waals surface area contributed by atoms with E-state index in [-0.39, 0.29) is 70.7 Å². The number of aliphatic hydroxyl groups excluding tert-OH is 2. The predicted octanol–water partition coefficient (Wildman–Crippen LogP) is 2.55. The number of nitriles is 3.